The van der Waals surface area contributed by atoms with Crippen molar-refractivity contribution in [2.75, 3.05) is 0 Å². The van der Waals surface area contributed by atoms with Crippen molar-refractivity contribution in [1.82, 2.24) is 0 Å². The van der Waals surface area contributed by atoms with E-state index in [2.05, 4.69) is 5.16 Å². The highest BCUT2D eigenvalue weighted by Crippen LogP contribution is 2.14. The molecule has 4 heteroatoms. The minimum Gasteiger partial charge on any atom is -0.489 e. The number of hydrogen-bond donors (Lipinski definition) is 2. The van der Waals surface area contributed by atoms with Crippen LogP contribution >= 0.6 is 0 Å². The van der Waals surface area contributed by atoms with E-state index < -0.39 is 0 Å². The van der Waals surface area contributed by atoms with E-state index in [1.165, 1.54) is 0 Å². The van der Waals surface area contributed by atoms with Crippen LogP contribution in [0, 0.1) is 0 Å². The first kappa shape index (κ1) is 13.0. The van der Waals surface area contributed by atoms with Crippen molar-refractivity contribution >= 4 is 5.84 Å². The van der Waals surface area contributed by atoms with Crippen LogP contribution in [0.4, 0.5) is 0 Å². The average Bonchev–Trinajstić information content (AvgIpc) is 2.47. The normalized spacial score (nSPS) is 11.3. The molecule has 0 aliphatic carbocycles. The van der Waals surface area contributed by atoms with E-state index in [-0.39, 0.29) is 5.84 Å². The molecule has 4 nitrogen and oxygen atoms in total. The molecule has 0 fully saturated rings. The molecule has 2 rings (SSSR count). The second-order valence-corrected chi connectivity index (χ2v) is 4.19. The van der Waals surface area contributed by atoms with Gasteiger partial charge in [0.15, 0.2) is 0 Å². The summed E-state index contributed by atoms with van der Waals surface area (Å²) < 4.78 is 5.67. The van der Waals surface area contributed by atoms with E-state index in [1.807, 2.05) is 54.6 Å². The highest BCUT2D eigenvalue weighted by molar-refractivity contribution is 5.82. The Morgan fingerprint density at radius 2 is 1.68 bits per heavy atom. The first-order valence-corrected chi connectivity index (χ1v) is 6.00. The third-order valence-corrected chi connectivity index (χ3v) is 2.69. The van der Waals surface area contributed by atoms with Crippen molar-refractivity contribution in [2.45, 2.75) is 13.0 Å². The second kappa shape index (κ2) is 6.44. The van der Waals surface area contributed by atoms with Crippen LogP contribution in [-0.2, 0) is 13.0 Å². The van der Waals surface area contributed by atoms with Crippen LogP contribution in [0.2, 0.25) is 0 Å². The van der Waals surface area contributed by atoms with Crippen LogP contribution in [0.15, 0.2) is 59.8 Å². The third-order valence-electron chi connectivity index (χ3n) is 2.69. The number of oxime groups is 1. The fourth-order valence-corrected chi connectivity index (χ4v) is 1.69. The number of amidine groups is 1. The largest absolute Gasteiger partial charge is 0.489 e. The van der Waals surface area contributed by atoms with Crippen molar-refractivity contribution < 1.29 is 9.94 Å². The summed E-state index contributed by atoms with van der Waals surface area (Å²) in [6.07, 6.45) is 0.426. The van der Waals surface area contributed by atoms with E-state index in [1.54, 1.807) is 0 Å². The number of nitrogens with zero attached hydrogens (tertiary/aromatic N) is 1. The molecule has 0 aromatic heterocycles. The van der Waals surface area contributed by atoms with Gasteiger partial charge in [-0.3, -0.25) is 0 Å². The van der Waals surface area contributed by atoms with Crippen molar-refractivity contribution in [3.05, 3.63) is 65.7 Å². The number of nitrogens with two attached hydrogens (primary N) is 1. The third kappa shape index (κ3) is 4.03. The Labute approximate surface area is 112 Å². The molecule has 2 aromatic rings. The molecule has 2 aromatic carbocycles. The Morgan fingerprint density at radius 3 is 2.32 bits per heavy atom. The first-order chi connectivity index (χ1) is 9.28. The van der Waals surface area contributed by atoms with Crippen LogP contribution in [0.5, 0.6) is 5.75 Å². The van der Waals surface area contributed by atoms with Gasteiger partial charge >= 0.3 is 0 Å². The monoisotopic (exact) mass is 256 g/mol. The molecule has 19 heavy (non-hydrogen) atoms. The minimum absolute atomic E-state index is 0.193. The molecule has 3 N–H and O–H groups in total. The lowest BCUT2D eigenvalue weighted by Crippen LogP contribution is -2.14. The summed E-state index contributed by atoms with van der Waals surface area (Å²) in [7, 11) is 0. The van der Waals surface area contributed by atoms with Crippen molar-refractivity contribution in [1.29, 1.82) is 0 Å². The SMILES string of the molecule is N/C(Cc1ccc(OCc2ccccc2)cc1)=N\O. The molecule has 98 valence electrons. The summed E-state index contributed by atoms with van der Waals surface area (Å²) >= 11 is 0. The Balaban J connectivity index is 1.92. The molecule has 0 radical (unpaired) electrons. The van der Waals surface area contributed by atoms with Crippen LogP contribution in [0.3, 0.4) is 0 Å². The van der Waals surface area contributed by atoms with Crippen LogP contribution in [0.1, 0.15) is 11.1 Å². The summed E-state index contributed by atoms with van der Waals surface area (Å²) in [4.78, 5) is 0. The number of ether oxygens (including phenoxy) is 1. The molecule has 0 atom stereocenters. The zero-order chi connectivity index (χ0) is 13.5. The topological polar surface area (TPSA) is 67.8 Å². The predicted molar refractivity (Wildman–Crippen MR) is 74.3 cm³/mol. The van der Waals surface area contributed by atoms with Gasteiger partial charge < -0.3 is 15.7 Å². The molecule has 0 aliphatic rings. The van der Waals surface area contributed by atoms with Gasteiger partial charge in [0.05, 0.1) is 0 Å². The Kier molecular flexibility index (Phi) is 4.39. The molecule has 0 bridgehead atoms. The summed E-state index contributed by atoms with van der Waals surface area (Å²) in [6.45, 7) is 0.542. The number of benzene rings is 2. The van der Waals surface area contributed by atoms with E-state index in [0.717, 1.165) is 16.9 Å². The highest BCUT2D eigenvalue weighted by atomic mass is 16.5. The molecule has 0 saturated carbocycles. The highest BCUT2D eigenvalue weighted by Gasteiger charge is 1.99. The predicted octanol–water partition coefficient (Wildman–Crippen LogP) is 2.55. The number of hydrogen-bond acceptors (Lipinski definition) is 3. The van der Waals surface area contributed by atoms with Gasteiger partial charge in [0.25, 0.3) is 0 Å². The number of rotatable bonds is 5. The maximum atomic E-state index is 8.50. The fourth-order valence-electron chi connectivity index (χ4n) is 1.69. The second-order valence-electron chi connectivity index (χ2n) is 4.19. The molecule has 0 spiro atoms. The van der Waals surface area contributed by atoms with E-state index in [4.69, 9.17) is 15.7 Å². The van der Waals surface area contributed by atoms with Gasteiger partial charge in [0, 0.05) is 6.42 Å². The molecule has 0 heterocycles. The molecule has 0 aliphatic heterocycles. The van der Waals surface area contributed by atoms with Crippen LogP contribution < -0.4 is 10.5 Å². The maximum absolute atomic E-state index is 8.50. The lowest BCUT2D eigenvalue weighted by molar-refractivity contribution is 0.306. The molecule has 0 saturated heterocycles. The summed E-state index contributed by atoms with van der Waals surface area (Å²) in [5.41, 5.74) is 7.55. The van der Waals surface area contributed by atoms with Gasteiger partial charge in [0.2, 0.25) is 0 Å². The fraction of sp³-hybridized carbons (Fsp3) is 0.133. The summed E-state index contributed by atoms with van der Waals surface area (Å²) in [5, 5.41) is 11.4. The molecular formula is C15H16N2O2. The van der Waals surface area contributed by atoms with Crippen LogP contribution in [0.25, 0.3) is 0 Å². The Hall–Kier alpha value is -2.49. The first-order valence-electron chi connectivity index (χ1n) is 6.00. The quantitative estimate of drug-likeness (QED) is 0.374. The van der Waals surface area contributed by atoms with Crippen LogP contribution in [-0.4, -0.2) is 11.0 Å². The van der Waals surface area contributed by atoms with Gasteiger partial charge in [-0.15, -0.1) is 0 Å². The van der Waals surface area contributed by atoms with Gasteiger partial charge in [0.1, 0.15) is 18.2 Å². The summed E-state index contributed by atoms with van der Waals surface area (Å²) in [6, 6.07) is 17.5. The maximum Gasteiger partial charge on any atom is 0.143 e. The van der Waals surface area contributed by atoms with E-state index in [9.17, 15) is 0 Å². The zero-order valence-electron chi connectivity index (χ0n) is 10.5. The van der Waals surface area contributed by atoms with Crippen molar-refractivity contribution in [3.8, 4) is 5.75 Å². The lowest BCUT2D eigenvalue weighted by atomic mass is 10.1. The van der Waals surface area contributed by atoms with Gasteiger partial charge in [-0.25, -0.2) is 0 Å². The van der Waals surface area contributed by atoms with Gasteiger partial charge in [-0.1, -0.05) is 47.6 Å². The minimum atomic E-state index is 0.193. The zero-order valence-corrected chi connectivity index (χ0v) is 10.5. The average molecular weight is 256 g/mol. The van der Waals surface area contributed by atoms with Crippen molar-refractivity contribution in [2.24, 2.45) is 10.9 Å². The van der Waals surface area contributed by atoms with Gasteiger partial charge in [-0.2, -0.15) is 0 Å². The lowest BCUT2D eigenvalue weighted by Gasteiger charge is -2.07. The van der Waals surface area contributed by atoms with E-state index >= 15 is 0 Å². The standard InChI is InChI=1S/C15H16N2O2/c16-15(17-18)10-12-6-8-14(9-7-12)19-11-13-4-2-1-3-5-13/h1-9,18H,10-11H2,(H2,16,17). The van der Waals surface area contributed by atoms with Crippen molar-refractivity contribution in [3.63, 3.8) is 0 Å². The smallest absolute Gasteiger partial charge is 0.143 e. The molecule has 0 amide bonds. The van der Waals surface area contributed by atoms with Gasteiger partial charge in [-0.05, 0) is 23.3 Å². The summed E-state index contributed by atoms with van der Waals surface area (Å²) in [5.74, 6) is 0.991. The Bertz CT molecular complexity index is 536. The Morgan fingerprint density at radius 1 is 1.00 bits per heavy atom. The molecular weight excluding hydrogens is 240 g/mol. The van der Waals surface area contributed by atoms with E-state index in [0.29, 0.717) is 13.0 Å². The molecule has 0 unspecified atom stereocenters.